The number of thiocarbonyl (C=S) groups is 1. The van der Waals surface area contributed by atoms with Crippen LogP contribution in [0.3, 0.4) is 0 Å². The Labute approximate surface area is 188 Å². The Morgan fingerprint density at radius 3 is 2.66 bits per heavy atom. The van der Waals surface area contributed by atoms with E-state index in [0.29, 0.717) is 42.9 Å². The second kappa shape index (κ2) is 8.76. The van der Waals surface area contributed by atoms with Gasteiger partial charge in [-0.05, 0) is 42.3 Å². The van der Waals surface area contributed by atoms with Crippen molar-refractivity contribution < 1.29 is 9.21 Å². The summed E-state index contributed by atoms with van der Waals surface area (Å²) in [7, 11) is 0. The van der Waals surface area contributed by atoms with Crippen LogP contribution >= 0.6 is 47.2 Å². The highest BCUT2D eigenvalue weighted by Gasteiger charge is 2.31. The molecule has 1 fully saturated rings. The molecule has 0 bridgehead atoms. The third-order valence-corrected chi connectivity index (χ3v) is 6.38. The molecule has 0 radical (unpaired) electrons. The van der Waals surface area contributed by atoms with E-state index >= 15 is 0 Å². The molecule has 0 aliphatic carbocycles. The topological polar surface area (TPSA) is 33.5 Å². The standard InChI is InChI=1S/C22H15Cl2NO2S2/c23-15-6-8-18(24)17(12-15)19-9-7-16(27-19)13-20-21(26)25(22(28)29-20)11-10-14-4-2-1-3-5-14/h1-9,12-13H,10-11H2/b20-13+. The van der Waals surface area contributed by atoms with E-state index in [-0.39, 0.29) is 5.91 Å². The molecule has 1 aliphatic heterocycles. The van der Waals surface area contributed by atoms with Gasteiger partial charge in [-0.2, -0.15) is 0 Å². The second-order valence-corrected chi connectivity index (χ2v) is 8.91. The van der Waals surface area contributed by atoms with Gasteiger partial charge >= 0.3 is 0 Å². The SMILES string of the molecule is O=C1/C(=C\c2ccc(-c3cc(Cl)ccc3Cl)o2)SC(=S)N1CCc1ccccc1. The molecule has 1 amide bonds. The van der Waals surface area contributed by atoms with Crippen molar-refractivity contribution in [2.75, 3.05) is 6.54 Å². The van der Waals surface area contributed by atoms with E-state index in [1.807, 2.05) is 30.3 Å². The van der Waals surface area contributed by atoms with Crippen molar-refractivity contribution >= 4 is 63.5 Å². The van der Waals surface area contributed by atoms with Crippen molar-refractivity contribution in [1.82, 2.24) is 4.90 Å². The quantitative estimate of drug-likeness (QED) is 0.314. The Balaban J connectivity index is 1.50. The van der Waals surface area contributed by atoms with Gasteiger partial charge in [0.05, 0.1) is 9.93 Å². The third kappa shape index (κ3) is 4.59. The van der Waals surface area contributed by atoms with Gasteiger partial charge in [-0.3, -0.25) is 9.69 Å². The van der Waals surface area contributed by atoms with E-state index < -0.39 is 0 Å². The van der Waals surface area contributed by atoms with Crippen molar-refractivity contribution in [1.29, 1.82) is 0 Å². The summed E-state index contributed by atoms with van der Waals surface area (Å²) in [6.45, 7) is 0.549. The highest BCUT2D eigenvalue weighted by molar-refractivity contribution is 8.26. The average molecular weight is 460 g/mol. The zero-order chi connectivity index (χ0) is 20.4. The van der Waals surface area contributed by atoms with Gasteiger partial charge in [-0.15, -0.1) is 0 Å². The van der Waals surface area contributed by atoms with Crippen molar-refractivity contribution in [2.45, 2.75) is 6.42 Å². The average Bonchev–Trinajstić information content (AvgIpc) is 3.28. The highest BCUT2D eigenvalue weighted by Crippen LogP contribution is 2.35. The molecule has 3 nitrogen and oxygen atoms in total. The van der Waals surface area contributed by atoms with Crippen LogP contribution in [0.15, 0.2) is 70.0 Å². The molecule has 2 heterocycles. The van der Waals surface area contributed by atoms with Gasteiger partial charge < -0.3 is 4.42 Å². The fourth-order valence-electron chi connectivity index (χ4n) is 2.97. The molecule has 0 atom stereocenters. The lowest BCUT2D eigenvalue weighted by atomic mass is 10.1. The molecule has 0 saturated carbocycles. The summed E-state index contributed by atoms with van der Waals surface area (Å²) in [5.74, 6) is 1.04. The minimum atomic E-state index is -0.102. The van der Waals surface area contributed by atoms with Gasteiger partial charge in [-0.1, -0.05) is 77.5 Å². The predicted molar refractivity (Wildman–Crippen MR) is 124 cm³/mol. The fraction of sp³-hybridized carbons (Fsp3) is 0.0909. The number of halogens is 2. The minimum Gasteiger partial charge on any atom is -0.457 e. The summed E-state index contributed by atoms with van der Waals surface area (Å²) in [6, 6.07) is 18.8. The van der Waals surface area contributed by atoms with Crippen LogP contribution < -0.4 is 0 Å². The van der Waals surface area contributed by atoms with Crippen LogP contribution in [0.2, 0.25) is 10.0 Å². The summed E-state index contributed by atoms with van der Waals surface area (Å²) in [6.07, 6.45) is 2.46. The summed E-state index contributed by atoms with van der Waals surface area (Å²) < 4.78 is 6.43. The maximum absolute atomic E-state index is 12.8. The minimum absolute atomic E-state index is 0.102. The largest absolute Gasteiger partial charge is 0.457 e. The monoisotopic (exact) mass is 459 g/mol. The number of benzene rings is 2. The summed E-state index contributed by atoms with van der Waals surface area (Å²) in [5, 5.41) is 1.11. The number of thioether (sulfide) groups is 1. The van der Waals surface area contributed by atoms with E-state index in [1.165, 1.54) is 17.3 Å². The van der Waals surface area contributed by atoms with Crippen LogP contribution in [0, 0.1) is 0 Å². The summed E-state index contributed by atoms with van der Waals surface area (Å²) in [5.41, 5.74) is 1.87. The second-order valence-electron chi connectivity index (χ2n) is 6.40. The number of hydrogen-bond donors (Lipinski definition) is 0. The van der Waals surface area contributed by atoms with Crippen molar-refractivity contribution in [3.63, 3.8) is 0 Å². The molecule has 2 aromatic carbocycles. The smallest absolute Gasteiger partial charge is 0.266 e. The lowest BCUT2D eigenvalue weighted by Gasteiger charge is -2.14. The first kappa shape index (κ1) is 20.2. The first-order valence-electron chi connectivity index (χ1n) is 8.86. The van der Waals surface area contributed by atoms with E-state index in [2.05, 4.69) is 0 Å². The molecular weight excluding hydrogens is 445 g/mol. The molecule has 1 aromatic heterocycles. The van der Waals surface area contributed by atoms with Crippen LogP contribution in [0.1, 0.15) is 11.3 Å². The number of rotatable bonds is 5. The van der Waals surface area contributed by atoms with Gasteiger partial charge in [-0.25, -0.2) is 0 Å². The van der Waals surface area contributed by atoms with Crippen LogP contribution in [-0.2, 0) is 11.2 Å². The third-order valence-electron chi connectivity index (χ3n) is 4.43. The maximum atomic E-state index is 12.8. The molecular formula is C22H15Cl2NO2S2. The van der Waals surface area contributed by atoms with E-state index in [1.54, 1.807) is 41.3 Å². The molecule has 3 aromatic rings. The number of hydrogen-bond acceptors (Lipinski definition) is 4. The number of carbonyl (C=O) groups excluding carboxylic acids is 1. The van der Waals surface area contributed by atoms with E-state index in [0.717, 1.165) is 6.42 Å². The molecule has 0 spiro atoms. The van der Waals surface area contributed by atoms with Gasteiger partial charge in [0.1, 0.15) is 15.8 Å². The van der Waals surface area contributed by atoms with Crippen molar-refractivity contribution in [2.24, 2.45) is 0 Å². The molecule has 146 valence electrons. The fourth-order valence-corrected chi connectivity index (χ4v) is 4.64. The normalized spacial score (nSPS) is 15.5. The zero-order valence-corrected chi connectivity index (χ0v) is 18.2. The number of amides is 1. The Bertz CT molecular complexity index is 1110. The van der Waals surface area contributed by atoms with Crippen LogP contribution in [0.25, 0.3) is 17.4 Å². The first-order valence-corrected chi connectivity index (χ1v) is 10.8. The number of nitrogens with zero attached hydrogens (tertiary/aromatic N) is 1. The molecule has 1 saturated heterocycles. The molecule has 4 rings (SSSR count). The predicted octanol–water partition coefficient (Wildman–Crippen LogP) is 6.70. The van der Waals surface area contributed by atoms with E-state index in [9.17, 15) is 4.79 Å². The number of furan rings is 1. The Morgan fingerprint density at radius 1 is 1.07 bits per heavy atom. The number of carbonyl (C=O) groups is 1. The molecule has 0 unspecified atom stereocenters. The lowest BCUT2D eigenvalue weighted by molar-refractivity contribution is -0.122. The van der Waals surface area contributed by atoms with E-state index in [4.69, 9.17) is 39.8 Å². The van der Waals surface area contributed by atoms with Gasteiger partial charge in [0, 0.05) is 23.2 Å². The molecule has 7 heteroatoms. The van der Waals surface area contributed by atoms with Gasteiger partial charge in [0.15, 0.2) is 0 Å². The Hall–Kier alpha value is -2.05. The van der Waals surface area contributed by atoms with Crippen LogP contribution in [0.4, 0.5) is 0 Å². The van der Waals surface area contributed by atoms with Gasteiger partial charge in [0.2, 0.25) is 0 Å². The summed E-state index contributed by atoms with van der Waals surface area (Å²) >= 11 is 19.0. The van der Waals surface area contributed by atoms with Crippen LogP contribution in [-0.4, -0.2) is 21.7 Å². The first-order chi connectivity index (χ1) is 14.0. The van der Waals surface area contributed by atoms with Gasteiger partial charge in [0.25, 0.3) is 5.91 Å². The molecule has 1 aliphatic rings. The maximum Gasteiger partial charge on any atom is 0.266 e. The Morgan fingerprint density at radius 2 is 1.86 bits per heavy atom. The lowest BCUT2D eigenvalue weighted by Crippen LogP contribution is -2.30. The summed E-state index contributed by atoms with van der Waals surface area (Å²) in [4.78, 5) is 15.0. The Kier molecular flexibility index (Phi) is 6.11. The molecule has 29 heavy (non-hydrogen) atoms. The molecule has 0 N–H and O–H groups in total. The van der Waals surface area contributed by atoms with Crippen molar-refractivity contribution in [3.05, 3.63) is 86.9 Å². The zero-order valence-electron chi connectivity index (χ0n) is 15.1. The van der Waals surface area contributed by atoms with Crippen LogP contribution in [0.5, 0.6) is 0 Å². The van der Waals surface area contributed by atoms with Crippen molar-refractivity contribution in [3.8, 4) is 11.3 Å². The highest BCUT2D eigenvalue weighted by atomic mass is 35.5.